The van der Waals surface area contributed by atoms with Crippen molar-refractivity contribution in [2.24, 2.45) is 5.92 Å². The molecular weight excluding hydrogens is 328 g/mol. The normalized spacial score (nSPS) is 27.5. The van der Waals surface area contributed by atoms with Crippen LogP contribution < -0.4 is 16.2 Å². The van der Waals surface area contributed by atoms with Crippen LogP contribution in [0.15, 0.2) is 40.8 Å². The molecule has 1 aliphatic carbocycles. The Labute approximate surface area is 152 Å². The zero-order valence-corrected chi connectivity index (χ0v) is 14.7. The Hall–Kier alpha value is -2.62. The fourth-order valence-electron chi connectivity index (χ4n) is 4.20. The third kappa shape index (κ3) is 3.12. The topological polar surface area (TPSA) is 90.1 Å². The first-order valence-corrected chi connectivity index (χ1v) is 9.03. The third-order valence-electron chi connectivity index (χ3n) is 5.52. The average molecular weight is 350 g/mol. The van der Waals surface area contributed by atoms with Gasteiger partial charge in [0.1, 0.15) is 11.8 Å². The number of aryl methyl sites for hydroxylation is 1. The van der Waals surface area contributed by atoms with E-state index < -0.39 is 0 Å². The van der Waals surface area contributed by atoms with Crippen molar-refractivity contribution in [1.82, 2.24) is 16.2 Å². The van der Waals surface area contributed by atoms with Crippen LogP contribution in [0.4, 0.5) is 0 Å². The summed E-state index contributed by atoms with van der Waals surface area (Å²) in [7, 11) is 0. The van der Waals surface area contributed by atoms with Gasteiger partial charge in [-0.15, -0.1) is 0 Å². The molecule has 26 heavy (non-hydrogen) atoms. The number of fused-ring (bicyclic) bond motifs is 1. The van der Waals surface area contributed by atoms with Crippen LogP contribution in [0.1, 0.15) is 52.7 Å². The lowest BCUT2D eigenvalue weighted by Crippen LogP contribution is -2.44. The molecule has 134 valence electrons. The predicted molar refractivity (Wildman–Crippen MR) is 96.0 cm³/mol. The minimum atomic E-state index is -0.161. The van der Waals surface area contributed by atoms with Crippen molar-refractivity contribution in [3.05, 3.63) is 59.0 Å². The second kappa shape index (κ2) is 6.94. The molecule has 6 nitrogen and oxygen atoms in total. The molecule has 1 aromatic heterocycles. The largest absolute Gasteiger partial charge is 0.450 e. The molecular formula is C20H22N4O2. The summed E-state index contributed by atoms with van der Waals surface area (Å²) < 4.78 is 5.28. The first-order valence-electron chi connectivity index (χ1n) is 9.03. The van der Waals surface area contributed by atoms with Crippen LogP contribution >= 0.6 is 0 Å². The number of nitrogens with zero attached hydrogens (tertiary/aromatic N) is 1. The highest BCUT2D eigenvalue weighted by atomic mass is 16.3. The first kappa shape index (κ1) is 16.8. The minimum absolute atomic E-state index is 0.122. The Morgan fingerprint density at radius 2 is 2.08 bits per heavy atom. The summed E-state index contributed by atoms with van der Waals surface area (Å²) in [4.78, 5) is 12.6. The van der Waals surface area contributed by atoms with E-state index in [4.69, 9.17) is 9.68 Å². The summed E-state index contributed by atoms with van der Waals surface area (Å²) >= 11 is 0. The van der Waals surface area contributed by atoms with E-state index in [0.717, 1.165) is 19.3 Å². The number of benzene rings is 1. The molecule has 2 fully saturated rings. The van der Waals surface area contributed by atoms with Crippen molar-refractivity contribution in [1.29, 1.82) is 5.26 Å². The number of carbonyl (C=O) groups excluding carboxylic acids is 1. The summed E-state index contributed by atoms with van der Waals surface area (Å²) in [6.45, 7) is 1.71. The van der Waals surface area contributed by atoms with Crippen molar-refractivity contribution in [3.63, 3.8) is 0 Å². The average Bonchev–Trinajstić information content (AvgIpc) is 3.25. The van der Waals surface area contributed by atoms with E-state index in [1.165, 1.54) is 11.6 Å². The highest BCUT2D eigenvalue weighted by Gasteiger charge is 2.41. The SMILES string of the molecule is Cc1oc(C#N)cc1C(=O)NC1CCC2NNC(c3ccccc3)C2C1. The maximum absolute atomic E-state index is 12.6. The zero-order valence-electron chi connectivity index (χ0n) is 14.7. The lowest BCUT2D eigenvalue weighted by atomic mass is 9.77. The van der Waals surface area contributed by atoms with E-state index in [9.17, 15) is 4.79 Å². The Balaban J connectivity index is 1.45. The smallest absolute Gasteiger partial charge is 0.255 e. The number of hydrazine groups is 1. The third-order valence-corrected chi connectivity index (χ3v) is 5.52. The van der Waals surface area contributed by atoms with E-state index in [1.54, 1.807) is 6.92 Å². The van der Waals surface area contributed by atoms with Crippen LogP contribution in [0, 0.1) is 24.2 Å². The maximum atomic E-state index is 12.6. The zero-order chi connectivity index (χ0) is 18.1. The van der Waals surface area contributed by atoms with E-state index in [0.29, 0.717) is 23.3 Å². The molecule has 1 aromatic carbocycles. The second-order valence-electron chi connectivity index (χ2n) is 7.12. The summed E-state index contributed by atoms with van der Waals surface area (Å²) in [5, 5.41) is 12.1. The summed E-state index contributed by atoms with van der Waals surface area (Å²) in [5.74, 6) is 0.923. The molecule has 6 heteroatoms. The Kier molecular flexibility index (Phi) is 4.49. The van der Waals surface area contributed by atoms with Crippen LogP contribution in [0.2, 0.25) is 0 Å². The number of hydrogen-bond donors (Lipinski definition) is 3. The highest BCUT2D eigenvalue weighted by molar-refractivity contribution is 5.95. The number of hydrogen-bond acceptors (Lipinski definition) is 5. The van der Waals surface area contributed by atoms with Gasteiger partial charge < -0.3 is 9.73 Å². The molecule has 0 spiro atoms. The Bertz CT molecular complexity index is 839. The number of amides is 1. The molecule has 2 aliphatic rings. The molecule has 1 saturated heterocycles. The first-order chi connectivity index (χ1) is 12.7. The van der Waals surface area contributed by atoms with Crippen LogP contribution in [0.25, 0.3) is 0 Å². The molecule has 0 bridgehead atoms. The molecule has 4 rings (SSSR count). The van der Waals surface area contributed by atoms with Crippen LogP contribution in [-0.2, 0) is 0 Å². The van der Waals surface area contributed by atoms with Gasteiger partial charge in [-0.05, 0) is 37.7 Å². The van der Waals surface area contributed by atoms with E-state index in [1.807, 2.05) is 12.1 Å². The number of carbonyl (C=O) groups is 1. The van der Waals surface area contributed by atoms with Crippen molar-refractivity contribution >= 4 is 5.91 Å². The van der Waals surface area contributed by atoms with Crippen molar-refractivity contribution in [3.8, 4) is 6.07 Å². The molecule has 1 aliphatic heterocycles. The summed E-state index contributed by atoms with van der Waals surface area (Å²) in [6, 6.07) is 14.7. The number of nitrogens with one attached hydrogen (secondary N) is 3. The van der Waals surface area contributed by atoms with Crippen molar-refractivity contribution in [2.45, 2.75) is 44.3 Å². The van der Waals surface area contributed by atoms with Gasteiger partial charge in [-0.25, -0.2) is 5.43 Å². The molecule has 4 unspecified atom stereocenters. The number of nitriles is 1. The standard InChI is InChI=1S/C20H22N4O2/c1-12-16(10-15(11-21)26-12)20(25)22-14-7-8-18-17(9-14)19(24-23-18)13-5-3-2-4-6-13/h2-6,10,14,17-19,23-24H,7-9H2,1H3,(H,22,25). The highest BCUT2D eigenvalue weighted by Crippen LogP contribution is 2.38. The van der Waals surface area contributed by atoms with E-state index in [2.05, 4.69) is 40.4 Å². The van der Waals surface area contributed by atoms with E-state index >= 15 is 0 Å². The Morgan fingerprint density at radius 1 is 1.27 bits per heavy atom. The van der Waals surface area contributed by atoms with Gasteiger partial charge in [0.15, 0.2) is 0 Å². The molecule has 2 aromatic rings. The lowest BCUT2D eigenvalue weighted by molar-refractivity contribution is 0.0913. The maximum Gasteiger partial charge on any atom is 0.255 e. The summed E-state index contributed by atoms with van der Waals surface area (Å²) in [6.07, 6.45) is 2.86. The van der Waals surface area contributed by atoms with Gasteiger partial charge in [0.05, 0.1) is 11.6 Å². The van der Waals surface area contributed by atoms with Crippen LogP contribution in [0.3, 0.4) is 0 Å². The summed E-state index contributed by atoms with van der Waals surface area (Å²) in [5.41, 5.74) is 8.56. The lowest BCUT2D eigenvalue weighted by Gasteiger charge is -2.33. The van der Waals surface area contributed by atoms with E-state index in [-0.39, 0.29) is 23.8 Å². The van der Waals surface area contributed by atoms with Crippen LogP contribution in [-0.4, -0.2) is 18.0 Å². The van der Waals surface area contributed by atoms with Gasteiger partial charge in [-0.3, -0.25) is 10.2 Å². The molecule has 2 heterocycles. The van der Waals surface area contributed by atoms with Gasteiger partial charge in [0.25, 0.3) is 5.91 Å². The molecule has 1 amide bonds. The molecule has 1 saturated carbocycles. The van der Waals surface area contributed by atoms with Gasteiger partial charge in [0, 0.05) is 18.2 Å². The minimum Gasteiger partial charge on any atom is -0.450 e. The molecule has 4 atom stereocenters. The monoisotopic (exact) mass is 350 g/mol. The fourth-order valence-corrected chi connectivity index (χ4v) is 4.20. The quantitative estimate of drug-likeness (QED) is 0.791. The van der Waals surface area contributed by atoms with Gasteiger partial charge >= 0.3 is 0 Å². The number of furan rings is 1. The molecule has 0 radical (unpaired) electrons. The van der Waals surface area contributed by atoms with Gasteiger partial charge in [-0.2, -0.15) is 5.26 Å². The number of rotatable bonds is 3. The second-order valence-corrected chi connectivity index (χ2v) is 7.12. The van der Waals surface area contributed by atoms with Crippen molar-refractivity contribution < 1.29 is 9.21 Å². The predicted octanol–water partition coefficient (Wildman–Crippen LogP) is 2.58. The van der Waals surface area contributed by atoms with Gasteiger partial charge in [0.2, 0.25) is 5.76 Å². The van der Waals surface area contributed by atoms with Crippen LogP contribution in [0.5, 0.6) is 0 Å². The Morgan fingerprint density at radius 3 is 2.81 bits per heavy atom. The molecule has 3 N–H and O–H groups in total. The van der Waals surface area contributed by atoms with Crippen molar-refractivity contribution in [2.75, 3.05) is 0 Å². The fraction of sp³-hybridized carbons (Fsp3) is 0.400. The van der Waals surface area contributed by atoms with Gasteiger partial charge in [-0.1, -0.05) is 30.3 Å².